The summed E-state index contributed by atoms with van der Waals surface area (Å²) < 4.78 is 40.8. The first-order valence-electron chi connectivity index (χ1n) is 11.3. The lowest BCUT2D eigenvalue weighted by Gasteiger charge is -2.21. The zero-order valence-electron chi connectivity index (χ0n) is 20.6. The lowest BCUT2D eigenvalue weighted by atomic mass is 9.84. The van der Waals surface area contributed by atoms with Crippen molar-refractivity contribution in [3.05, 3.63) is 76.3 Å². The third-order valence-corrected chi connectivity index (χ3v) is 6.11. The van der Waals surface area contributed by atoms with Crippen molar-refractivity contribution in [2.45, 2.75) is 32.0 Å². The van der Waals surface area contributed by atoms with Crippen molar-refractivity contribution in [3.8, 4) is 0 Å². The first-order chi connectivity index (χ1) is 17.8. The monoisotopic (exact) mass is 527 g/mol. The van der Waals surface area contributed by atoms with Gasteiger partial charge < -0.3 is 16.4 Å². The smallest absolute Gasteiger partial charge is 0.369 e. The molecule has 0 spiro atoms. The average molecular weight is 528 g/mol. The van der Waals surface area contributed by atoms with Crippen LogP contribution in [0.2, 0.25) is 0 Å². The highest BCUT2D eigenvalue weighted by molar-refractivity contribution is 5.92. The van der Waals surface area contributed by atoms with Crippen LogP contribution in [0.4, 0.5) is 30.4 Å². The fourth-order valence-electron chi connectivity index (χ4n) is 3.73. The lowest BCUT2D eigenvalue weighted by molar-refractivity contribution is -0.137. The van der Waals surface area contributed by atoms with Crippen molar-refractivity contribution < 1.29 is 22.8 Å². The van der Waals surface area contributed by atoms with E-state index in [2.05, 4.69) is 20.7 Å². The number of carbonyl (C=O) groups excluding carboxylic acids is 2. The molecule has 38 heavy (non-hydrogen) atoms. The summed E-state index contributed by atoms with van der Waals surface area (Å²) in [5.74, 6) is -0.792. The Bertz CT molecular complexity index is 1570. The second-order valence-corrected chi connectivity index (χ2v) is 9.16. The van der Waals surface area contributed by atoms with E-state index in [1.165, 1.54) is 30.2 Å². The number of benzene rings is 2. The highest BCUT2D eigenvalue weighted by Crippen LogP contribution is 2.31. The van der Waals surface area contributed by atoms with Crippen molar-refractivity contribution >= 4 is 40.0 Å². The number of halogens is 3. The van der Waals surface area contributed by atoms with Gasteiger partial charge in [-0.1, -0.05) is 12.1 Å². The molecule has 0 saturated heterocycles. The molecule has 0 radical (unpaired) electrons. The number of nitrogens with two attached hydrogens (primary N) is 1. The van der Waals surface area contributed by atoms with Crippen molar-refractivity contribution in [2.24, 2.45) is 12.8 Å². The van der Waals surface area contributed by atoms with Gasteiger partial charge in [-0.15, -0.1) is 0 Å². The third kappa shape index (κ3) is 5.21. The van der Waals surface area contributed by atoms with Crippen LogP contribution in [-0.4, -0.2) is 31.1 Å². The van der Waals surface area contributed by atoms with Gasteiger partial charge in [-0.25, -0.2) is 4.98 Å². The van der Waals surface area contributed by atoms with Gasteiger partial charge in [0.15, 0.2) is 11.3 Å². The predicted molar refractivity (Wildman–Crippen MR) is 135 cm³/mol. The van der Waals surface area contributed by atoms with Crippen molar-refractivity contribution in [1.82, 2.24) is 19.3 Å². The van der Waals surface area contributed by atoms with E-state index in [1.807, 2.05) is 0 Å². The zero-order valence-corrected chi connectivity index (χ0v) is 20.6. The number of aromatic nitrogens is 4. The molecule has 10 nitrogen and oxygen atoms in total. The van der Waals surface area contributed by atoms with Gasteiger partial charge in [0.1, 0.15) is 12.1 Å². The molecule has 0 fully saturated rings. The molecule has 2 aromatic heterocycles. The number of hydrogen-bond donors (Lipinski definition) is 3. The third-order valence-electron chi connectivity index (χ3n) is 6.11. The van der Waals surface area contributed by atoms with Gasteiger partial charge >= 0.3 is 6.18 Å². The minimum absolute atomic E-state index is 0.104. The summed E-state index contributed by atoms with van der Waals surface area (Å²) in [6, 6.07) is 11.0. The van der Waals surface area contributed by atoms with Gasteiger partial charge in [0, 0.05) is 18.4 Å². The number of nitrogens with one attached hydrogen (secondary N) is 2. The number of aryl methyl sites for hydroxylation is 1. The summed E-state index contributed by atoms with van der Waals surface area (Å²) in [5, 5.41) is 9.77. The number of rotatable bonds is 7. The van der Waals surface area contributed by atoms with Crippen LogP contribution < -0.4 is 21.9 Å². The van der Waals surface area contributed by atoms with Crippen LogP contribution in [-0.2, 0) is 34.8 Å². The molecule has 2 aromatic carbocycles. The second kappa shape index (κ2) is 9.65. The second-order valence-electron chi connectivity index (χ2n) is 9.16. The summed E-state index contributed by atoms with van der Waals surface area (Å²) in [6.07, 6.45) is -3.26. The molecule has 13 heteroatoms. The molecule has 2 amide bonds. The fourth-order valence-corrected chi connectivity index (χ4v) is 3.73. The molecule has 0 bridgehead atoms. The minimum atomic E-state index is -4.46. The van der Waals surface area contributed by atoms with Crippen LogP contribution in [0, 0.1) is 0 Å². The number of anilines is 3. The molecule has 0 saturated carbocycles. The first-order valence-corrected chi connectivity index (χ1v) is 11.3. The Kier molecular flexibility index (Phi) is 6.70. The van der Waals surface area contributed by atoms with Crippen LogP contribution in [0.5, 0.6) is 0 Å². The number of primary amides is 1. The average Bonchev–Trinajstić information content (AvgIpc) is 3.16. The summed E-state index contributed by atoms with van der Waals surface area (Å²) in [7, 11) is 1.52. The van der Waals surface area contributed by atoms with Crippen LogP contribution in [0.25, 0.3) is 11.0 Å². The van der Waals surface area contributed by atoms with Crippen LogP contribution >= 0.6 is 0 Å². The Morgan fingerprint density at radius 3 is 2.13 bits per heavy atom. The molecule has 0 unspecified atom stereocenters. The van der Waals surface area contributed by atoms with Gasteiger partial charge in [0.05, 0.1) is 17.3 Å². The molecule has 0 aliphatic carbocycles. The van der Waals surface area contributed by atoms with E-state index >= 15 is 0 Å². The largest absolute Gasteiger partial charge is 0.416 e. The summed E-state index contributed by atoms with van der Waals surface area (Å²) in [6.45, 7) is 3.06. The normalized spacial score (nSPS) is 11.9. The predicted octanol–water partition coefficient (Wildman–Crippen LogP) is 3.29. The van der Waals surface area contributed by atoms with E-state index in [-0.39, 0.29) is 23.4 Å². The minimum Gasteiger partial charge on any atom is -0.369 e. The molecule has 4 aromatic rings. The van der Waals surface area contributed by atoms with Crippen LogP contribution in [0.15, 0.2) is 59.7 Å². The summed E-state index contributed by atoms with van der Waals surface area (Å²) >= 11 is 0. The maximum atomic E-state index is 13.1. The van der Waals surface area contributed by atoms with Gasteiger partial charge in [-0.05, 0) is 55.8 Å². The molecule has 0 aliphatic rings. The highest BCUT2D eigenvalue weighted by Gasteiger charge is 2.30. The maximum Gasteiger partial charge on any atom is 0.416 e. The molecular weight excluding hydrogens is 503 g/mol. The van der Waals surface area contributed by atoms with E-state index in [1.54, 1.807) is 38.1 Å². The number of fused-ring (bicyclic) bond motifs is 1. The lowest BCUT2D eigenvalue weighted by Crippen LogP contribution is -2.35. The Balaban J connectivity index is 1.50. The van der Waals surface area contributed by atoms with Crippen LogP contribution in [0.1, 0.15) is 25.0 Å². The van der Waals surface area contributed by atoms with Crippen molar-refractivity contribution in [3.63, 3.8) is 0 Å². The van der Waals surface area contributed by atoms with Gasteiger partial charge in [0.2, 0.25) is 11.8 Å². The summed E-state index contributed by atoms with van der Waals surface area (Å²) in [4.78, 5) is 41.5. The number of carbonyl (C=O) groups is 2. The van der Waals surface area contributed by atoms with E-state index in [9.17, 15) is 27.6 Å². The molecule has 4 N–H and O–H groups in total. The zero-order chi connectivity index (χ0) is 27.8. The van der Waals surface area contributed by atoms with E-state index < -0.39 is 34.5 Å². The number of alkyl halides is 3. The Labute approximate surface area is 214 Å². The molecule has 0 aliphatic heterocycles. The first kappa shape index (κ1) is 26.4. The number of nitrogens with zero attached hydrogens (tertiary/aromatic N) is 4. The Hall–Kier alpha value is -4.68. The number of hydrogen-bond acceptors (Lipinski definition) is 6. The van der Waals surface area contributed by atoms with Gasteiger partial charge in [0.25, 0.3) is 5.56 Å². The quantitative estimate of drug-likeness (QED) is 0.337. The maximum absolute atomic E-state index is 13.1. The van der Waals surface area contributed by atoms with Gasteiger partial charge in [-0.3, -0.25) is 23.6 Å². The SMILES string of the molecule is Cn1nc(Nc2ccc(C(F)(F)F)cc2)c2ncn(CC(=O)Nc3ccc(C(C)(C)C(N)=O)cc3)c(=O)c21. The fraction of sp³-hybridized carbons (Fsp3) is 0.240. The molecule has 4 rings (SSSR count). The molecular formula is C25H24F3N7O3. The molecule has 0 atom stereocenters. The van der Waals surface area contributed by atoms with Gasteiger partial charge in [-0.2, -0.15) is 18.3 Å². The Morgan fingerprint density at radius 2 is 1.55 bits per heavy atom. The van der Waals surface area contributed by atoms with Crippen molar-refractivity contribution in [2.75, 3.05) is 10.6 Å². The van der Waals surface area contributed by atoms with Crippen molar-refractivity contribution in [1.29, 1.82) is 0 Å². The molecule has 2 heterocycles. The highest BCUT2D eigenvalue weighted by atomic mass is 19.4. The molecule has 198 valence electrons. The Morgan fingerprint density at radius 1 is 0.974 bits per heavy atom. The van der Waals surface area contributed by atoms with E-state index in [0.717, 1.165) is 16.7 Å². The summed E-state index contributed by atoms with van der Waals surface area (Å²) in [5.41, 5.74) is 5.02. The van der Waals surface area contributed by atoms with E-state index in [0.29, 0.717) is 16.9 Å². The topological polar surface area (TPSA) is 137 Å². The number of amides is 2. The van der Waals surface area contributed by atoms with E-state index in [4.69, 9.17) is 5.73 Å². The van der Waals surface area contributed by atoms with Crippen LogP contribution in [0.3, 0.4) is 0 Å². The standard InChI is InChI=1S/C25H24F3N7O3/c1-24(2,23(29)38)14-4-8-16(9-5-14)31-18(36)12-35-13-30-19-20(22(35)37)34(3)33-21(19)32-17-10-6-15(7-11-17)25(26,27)28/h4-11,13H,12H2,1-3H3,(H2,29,38)(H,31,36)(H,32,33).